The van der Waals surface area contributed by atoms with Crippen molar-refractivity contribution in [3.63, 3.8) is 0 Å². The van der Waals surface area contributed by atoms with Gasteiger partial charge in [0.15, 0.2) is 5.96 Å². The number of hydrogen-bond acceptors (Lipinski definition) is 4. The third-order valence-electron chi connectivity index (χ3n) is 4.37. The zero-order chi connectivity index (χ0) is 17.5. The molecule has 26 heavy (non-hydrogen) atoms. The Balaban J connectivity index is 0.00000243. The van der Waals surface area contributed by atoms with Gasteiger partial charge in [0.25, 0.3) is 0 Å². The van der Waals surface area contributed by atoms with Crippen LogP contribution in [0.15, 0.2) is 45.7 Å². The molecule has 1 aromatic carbocycles. The summed E-state index contributed by atoms with van der Waals surface area (Å²) in [5.41, 5.74) is 3.00. The molecule has 1 saturated heterocycles. The molecule has 2 heterocycles. The van der Waals surface area contributed by atoms with Crippen LogP contribution in [0.3, 0.4) is 0 Å². The van der Waals surface area contributed by atoms with Gasteiger partial charge >= 0.3 is 0 Å². The highest BCUT2D eigenvalue weighted by atomic mass is 127. The van der Waals surface area contributed by atoms with Gasteiger partial charge < -0.3 is 10.2 Å². The molecule has 1 unspecified atom stereocenters. The van der Waals surface area contributed by atoms with Gasteiger partial charge in [-0.3, -0.25) is 0 Å². The maximum Gasteiger partial charge on any atom is 0.194 e. The summed E-state index contributed by atoms with van der Waals surface area (Å²) in [4.78, 5) is 14.2. The lowest BCUT2D eigenvalue weighted by Gasteiger charge is -2.21. The third-order valence-corrected chi connectivity index (χ3v) is 6.53. The second kappa shape index (κ2) is 11.1. The van der Waals surface area contributed by atoms with Crippen LogP contribution in [0.2, 0.25) is 0 Å². The van der Waals surface area contributed by atoms with Gasteiger partial charge in [0.2, 0.25) is 0 Å². The molecule has 142 valence electrons. The molecule has 0 spiro atoms. The zero-order valence-corrected chi connectivity index (χ0v) is 19.3. The van der Waals surface area contributed by atoms with Crippen molar-refractivity contribution in [1.29, 1.82) is 0 Å². The molecule has 0 saturated carbocycles. The molecule has 0 bridgehead atoms. The quantitative estimate of drug-likeness (QED) is 0.270. The van der Waals surface area contributed by atoms with Crippen molar-refractivity contribution in [3.8, 4) is 0 Å². The number of thiazole rings is 1. The molecule has 1 aliphatic heterocycles. The summed E-state index contributed by atoms with van der Waals surface area (Å²) in [6.45, 7) is 7.99. The monoisotopic (exact) mass is 502 g/mol. The summed E-state index contributed by atoms with van der Waals surface area (Å²) < 4.78 is 0. The molecule has 1 N–H and O–H groups in total. The first-order valence-corrected chi connectivity index (χ1v) is 10.7. The van der Waals surface area contributed by atoms with Gasteiger partial charge in [-0.25, -0.2) is 9.98 Å². The average Bonchev–Trinajstić information content (AvgIpc) is 3.27. The van der Waals surface area contributed by atoms with E-state index in [1.54, 1.807) is 11.3 Å². The third kappa shape index (κ3) is 6.13. The van der Waals surface area contributed by atoms with Gasteiger partial charge in [0, 0.05) is 35.2 Å². The average molecular weight is 502 g/mol. The SMILES string of the molecule is CCNC(=NCc1scnc1C)N1CCC(CSc2ccccc2)C1.I. The number of likely N-dealkylation sites (tertiary alicyclic amines) is 1. The Kier molecular flexibility index (Phi) is 9.21. The number of guanidine groups is 1. The molecule has 4 nitrogen and oxygen atoms in total. The molecule has 3 rings (SSSR count). The number of nitrogens with zero attached hydrogens (tertiary/aromatic N) is 3. The van der Waals surface area contributed by atoms with Crippen molar-refractivity contribution in [2.24, 2.45) is 10.9 Å². The number of halogens is 1. The van der Waals surface area contributed by atoms with Crippen molar-refractivity contribution in [3.05, 3.63) is 46.4 Å². The molecular formula is C19H27IN4S2. The lowest BCUT2D eigenvalue weighted by molar-refractivity contribution is 0.474. The van der Waals surface area contributed by atoms with E-state index >= 15 is 0 Å². The van der Waals surface area contributed by atoms with Crippen LogP contribution in [0.5, 0.6) is 0 Å². The number of aliphatic imine (C=N–C) groups is 1. The van der Waals surface area contributed by atoms with Crippen LogP contribution in [-0.4, -0.2) is 41.2 Å². The highest BCUT2D eigenvalue weighted by Gasteiger charge is 2.25. The number of nitrogens with one attached hydrogen (secondary N) is 1. The summed E-state index contributed by atoms with van der Waals surface area (Å²) in [6, 6.07) is 10.7. The molecule has 0 radical (unpaired) electrons. The summed E-state index contributed by atoms with van der Waals surface area (Å²) in [7, 11) is 0. The van der Waals surface area contributed by atoms with E-state index < -0.39 is 0 Å². The van der Waals surface area contributed by atoms with E-state index in [-0.39, 0.29) is 24.0 Å². The Bertz CT molecular complexity index is 690. The summed E-state index contributed by atoms with van der Waals surface area (Å²) in [5.74, 6) is 2.94. The molecule has 0 amide bonds. The Morgan fingerprint density at radius 2 is 2.19 bits per heavy atom. The van der Waals surface area contributed by atoms with E-state index in [4.69, 9.17) is 4.99 Å². The molecule has 2 aromatic rings. The van der Waals surface area contributed by atoms with Gasteiger partial charge in [-0.1, -0.05) is 18.2 Å². The molecule has 7 heteroatoms. The van der Waals surface area contributed by atoms with E-state index in [0.29, 0.717) is 0 Å². The fourth-order valence-electron chi connectivity index (χ4n) is 2.94. The van der Waals surface area contributed by atoms with Gasteiger partial charge in [0.1, 0.15) is 0 Å². The first-order valence-electron chi connectivity index (χ1n) is 8.86. The fraction of sp³-hybridized carbons (Fsp3) is 0.474. The van der Waals surface area contributed by atoms with E-state index in [1.165, 1.54) is 21.9 Å². The van der Waals surface area contributed by atoms with Crippen molar-refractivity contribution < 1.29 is 0 Å². The number of benzene rings is 1. The fourth-order valence-corrected chi connectivity index (χ4v) is 4.69. The standard InChI is InChI=1S/C19H26N4S2.HI/c1-3-20-19(21-11-18-15(2)22-14-25-18)23-10-9-16(12-23)13-24-17-7-5-4-6-8-17;/h4-8,14,16H,3,9-13H2,1-2H3,(H,20,21);1H. The van der Waals surface area contributed by atoms with E-state index in [0.717, 1.165) is 43.8 Å². The van der Waals surface area contributed by atoms with Crippen molar-refractivity contribution in [2.75, 3.05) is 25.4 Å². The molecule has 1 atom stereocenters. The number of aryl methyl sites for hydroxylation is 1. The molecule has 1 fully saturated rings. The maximum absolute atomic E-state index is 4.85. The Hall–Kier alpha value is -0.800. The van der Waals surface area contributed by atoms with Gasteiger partial charge in [-0.15, -0.1) is 47.1 Å². The molecular weight excluding hydrogens is 475 g/mol. The lowest BCUT2D eigenvalue weighted by Crippen LogP contribution is -2.40. The predicted octanol–water partition coefficient (Wildman–Crippen LogP) is 4.65. The zero-order valence-electron chi connectivity index (χ0n) is 15.4. The minimum Gasteiger partial charge on any atom is -0.357 e. The van der Waals surface area contributed by atoms with Crippen LogP contribution in [0.4, 0.5) is 0 Å². The van der Waals surface area contributed by atoms with Crippen LogP contribution in [0.25, 0.3) is 0 Å². The first kappa shape index (κ1) is 21.5. The smallest absolute Gasteiger partial charge is 0.194 e. The van der Waals surface area contributed by atoms with E-state index in [1.807, 2.05) is 17.3 Å². The normalized spacial score (nSPS) is 17.2. The molecule has 1 aromatic heterocycles. The Morgan fingerprint density at radius 1 is 1.38 bits per heavy atom. The predicted molar refractivity (Wildman–Crippen MR) is 124 cm³/mol. The minimum atomic E-state index is 0. The maximum atomic E-state index is 4.85. The summed E-state index contributed by atoms with van der Waals surface area (Å²) in [6.07, 6.45) is 1.24. The van der Waals surface area contributed by atoms with E-state index in [9.17, 15) is 0 Å². The second-order valence-electron chi connectivity index (χ2n) is 6.26. The highest BCUT2D eigenvalue weighted by Crippen LogP contribution is 2.26. The Labute approximate surface area is 181 Å². The van der Waals surface area contributed by atoms with Crippen molar-refractivity contribution >= 4 is 53.0 Å². The van der Waals surface area contributed by atoms with Crippen LogP contribution in [0.1, 0.15) is 23.9 Å². The van der Waals surface area contributed by atoms with Crippen molar-refractivity contribution in [1.82, 2.24) is 15.2 Å². The van der Waals surface area contributed by atoms with Gasteiger partial charge in [0.05, 0.1) is 17.7 Å². The van der Waals surface area contributed by atoms with Crippen LogP contribution >= 0.6 is 47.1 Å². The molecule has 0 aliphatic carbocycles. The highest BCUT2D eigenvalue weighted by molar-refractivity contribution is 14.0. The van der Waals surface area contributed by atoms with Crippen LogP contribution < -0.4 is 5.32 Å². The number of thioether (sulfide) groups is 1. The van der Waals surface area contributed by atoms with E-state index in [2.05, 4.69) is 59.4 Å². The van der Waals surface area contributed by atoms with Crippen LogP contribution in [0, 0.1) is 12.8 Å². The summed E-state index contributed by atoms with van der Waals surface area (Å²) >= 11 is 3.66. The minimum absolute atomic E-state index is 0. The topological polar surface area (TPSA) is 40.5 Å². The van der Waals surface area contributed by atoms with Crippen molar-refractivity contribution in [2.45, 2.75) is 31.7 Å². The van der Waals surface area contributed by atoms with Gasteiger partial charge in [-0.2, -0.15) is 0 Å². The first-order chi connectivity index (χ1) is 12.3. The lowest BCUT2D eigenvalue weighted by atomic mass is 10.2. The Morgan fingerprint density at radius 3 is 2.88 bits per heavy atom. The number of rotatable bonds is 6. The second-order valence-corrected chi connectivity index (χ2v) is 8.29. The molecule has 1 aliphatic rings. The van der Waals surface area contributed by atoms with Gasteiger partial charge in [-0.05, 0) is 38.3 Å². The summed E-state index contributed by atoms with van der Waals surface area (Å²) in [5, 5.41) is 3.45. The number of hydrogen-bond donors (Lipinski definition) is 1. The largest absolute Gasteiger partial charge is 0.357 e. The van der Waals surface area contributed by atoms with Crippen LogP contribution in [-0.2, 0) is 6.54 Å². The number of aromatic nitrogens is 1.